The van der Waals surface area contributed by atoms with Crippen molar-refractivity contribution in [1.29, 1.82) is 0 Å². The van der Waals surface area contributed by atoms with Crippen LogP contribution in [0.2, 0.25) is 0 Å². The van der Waals surface area contributed by atoms with Gasteiger partial charge in [-0.05, 0) is 6.92 Å². The molecule has 0 N–H and O–H groups in total. The van der Waals surface area contributed by atoms with Crippen LogP contribution >= 0.6 is 0 Å². The largest absolute Gasteiger partial charge is 0.294 e. The van der Waals surface area contributed by atoms with E-state index in [0.29, 0.717) is 6.29 Å². The maximum atomic E-state index is 9.87. The summed E-state index contributed by atoms with van der Waals surface area (Å²) in [6.45, 7) is 1.76. The van der Waals surface area contributed by atoms with E-state index in [0.717, 1.165) is 0 Å². The average molecular weight is 111 g/mol. The van der Waals surface area contributed by atoms with Crippen molar-refractivity contribution in [2.24, 2.45) is 15.2 Å². The third kappa shape index (κ3) is 0.776. The van der Waals surface area contributed by atoms with E-state index in [1.165, 1.54) is 0 Å². The molecule has 0 radical (unpaired) electrons. The number of amidine groups is 1. The van der Waals surface area contributed by atoms with Gasteiger partial charge in [-0.25, -0.2) is 4.99 Å². The molecule has 4 heteroatoms. The van der Waals surface area contributed by atoms with E-state index in [2.05, 4.69) is 15.2 Å². The molecule has 0 amide bonds. The van der Waals surface area contributed by atoms with Crippen LogP contribution in [0.5, 0.6) is 0 Å². The van der Waals surface area contributed by atoms with Gasteiger partial charge >= 0.3 is 0 Å². The average Bonchev–Trinajstić information content (AvgIpc) is 2.14. The number of carbonyl (C=O) groups is 1. The zero-order valence-corrected chi connectivity index (χ0v) is 4.40. The molecule has 0 aliphatic carbocycles. The zero-order chi connectivity index (χ0) is 5.98. The Morgan fingerprint density at radius 2 is 2.50 bits per heavy atom. The number of carbonyl (C=O) groups excluding carboxylic acids is 1. The molecule has 0 aromatic heterocycles. The first-order valence-corrected chi connectivity index (χ1v) is 2.27. The van der Waals surface area contributed by atoms with Gasteiger partial charge in [-0.3, -0.25) is 4.79 Å². The van der Waals surface area contributed by atoms with E-state index in [9.17, 15) is 4.79 Å². The lowest BCUT2D eigenvalue weighted by Crippen LogP contribution is -1.91. The van der Waals surface area contributed by atoms with Crippen molar-refractivity contribution in [3.05, 3.63) is 0 Å². The minimum Gasteiger partial charge on any atom is -0.294 e. The van der Waals surface area contributed by atoms with Crippen molar-refractivity contribution in [3.63, 3.8) is 0 Å². The van der Waals surface area contributed by atoms with E-state index < -0.39 is 0 Å². The predicted octanol–water partition coefficient (Wildman–Crippen LogP) is 0.396. The Bertz CT molecular complexity index is 161. The van der Waals surface area contributed by atoms with Crippen molar-refractivity contribution in [1.82, 2.24) is 0 Å². The lowest BCUT2D eigenvalue weighted by molar-refractivity contribution is -0.102. The molecule has 42 valence electrons. The monoisotopic (exact) mass is 111 g/mol. The third-order valence-corrected chi connectivity index (χ3v) is 0.752. The SMILES string of the molecule is CC1N=NC(C=O)=N1. The van der Waals surface area contributed by atoms with Crippen LogP contribution in [-0.2, 0) is 4.79 Å². The second-order valence-corrected chi connectivity index (χ2v) is 1.45. The van der Waals surface area contributed by atoms with Gasteiger partial charge in [0.25, 0.3) is 0 Å². The Kier molecular flexibility index (Phi) is 1.15. The standard InChI is InChI=1S/C4H5N3O/c1-3-5-4(2-8)7-6-3/h2-3H,1H3. The van der Waals surface area contributed by atoms with Gasteiger partial charge in [-0.1, -0.05) is 0 Å². The lowest BCUT2D eigenvalue weighted by atomic mass is 10.6. The van der Waals surface area contributed by atoms with Gasteiger partial charge in [0.2, 0.25) is 5.84 Å². The van der Waals surface area contributed by atoms with E-state index in [1.807, 2.05) is 0 Å². The van der Waals surface area contributed by atoms with Crippen molar-refractivity contribution >= 4 is 12.1 Å². The van der Waals surface area contributed by atoms with Gasteiger partial charge < -0.3 is 0 Å². The predicted molar refractivity (Wildman–Crippen MR) is 27.8 cm³/mol. The zero-order valence-electron chi connectivity index (χ0n) is 4.40. The number of nitrogens with zero attached hydrogens (tertiary/aromatic N) is 3. The van der Waals surface area contributed by atoms with Gasteiger partial charge in [-0.15, -0.1) is 5.11 Å². The number of aldehydes is 1. The normalized spacial score (nSPS) is 25.6. The third-order valence-electron chi connectivity index (χ3n) is 0.752. The summed E-state index contributed by atoms with van der Waals surface area (Å²) in [5.41, 5.74) is 0. The van der Waals surface area contributed by atoms with Gasteiger partial charge in [0, 0.05) is 0 Å². The van der Waals surface area contributed by atoms with Gasteiger partial charge in [0.1, 0.15) is 0 Å². The molecule has 1 atom stereocenters. The van der Waals surface area contributed by atoms with Gasteiger partial charge in [-0.2, -0.15) is 5.11 Å². The molecular formula is C4H5N3O. The first kappa shape index (κ1) is 5.08. The summed E-state index contributed by atoms with van der Waals surface area (Å²) in [6.07, 6.45) is 0.433. The maximum absolute atomic E-state index is 9.87. The van der Waals surface area contributed by atoms with Crippen molar-refractivity contribution in [2.45, 2.75) is 13.1 Å². The highest BCUT2D eigenvalue weighted by Gasteiger charge is 2.05. The van der Waals surface area contributed by atoms with Crippen LogP contribution in [-0.4, -0.2) is 18.3 Å². The summed E-state index contributed by atoms with van der Waals surface area (Å²) < 4.78 is 0. The maximum Gasteiger partial charge on any atom is 0.211 e. The summed E-state index contributed by atoms with van der Waals surface area (Å²) in [6, 6.07) is 0. The topological polar surface area (TPSA) is 54.1 Å². The van der Waals surface area contributed by atoms with Crippen molar-refractivity contribution in [2.75, 3.05) is 0 Å². The Morgan fingerprint density at radius 1 is 1.75 bits per heavy atom. The van der Waals surface area contributed by atoms with Gasteiger partial charge in [0.05, 0.1) is 0 Å². The Labute approximate surface area is 46.3 Å². The molecule has 1 aliphatic heterocycles. The number of rotatable bonds is 1. The highest BCUT2D eigenvalue weighted by Crippen LogP contribution is 2.01. The number of hydrogen-bond acceptors (Lipinski definition) is 4. The quantitative estimate of drug-likeness (QED) is 0.452. The molecule has 1 heterocycles. The van der Waals surface area contributed by atoms with Crippen LogP contribution in [0.1, 0.15) is 6.92 Å². The smallest absolute Gasteiger partial charge is 0.211 e. The highest BCUT2D eigenvalue weighted by molar-refractivity contribution is 6.27. The molecular weight excluding hydrogens is 106 g/mol. The van der Waals surface area contributed by atoms with E-state index in [1.54, 1.807) is 6.92 Å². The second kappa shape index (κ2) is 1.81. The number of hydrogen-bond donors (Lipinski definition) is 0. The molecule has 0 saturated carbocycles. The van der Waals surface area contributed by atoms with Crippen LogP contribution in [0.15, 0.2) is 15.2 Å². The van der Waals surface area contributed by atoms with Crippen LogP contribution in [0.4, 0.5) is 0 Å². The molecule has 0 fully saturated rings. The molecule has 0 spiro atoms. The fraction of sp³-hybridized carbons (Fsp3) is 0.500. The first-order chi connectivity index (χ1) is 3.83. The number of aliphatic imine (C=N–C) groups is 1. The van der Waals surface area contributed by atoms with Crippen LogP contribution in [0.25, 0.3) is 0 Å². The van der Waals surface area contributed by atoms with E-state index in [-0.39, 0.29) is 12.0 Å². The molecule has 1 rings (SSSR count). The number of azo groups is 1. The summed E-state index contributed by atoms with van der Waals surface area (Å²) in [5.74, 6) is 0.192. The molecule has 8 heavy (non-hydrogen) atoms. The fourth-order valence-corrected chi connectivity index (χ4v) is 0.440. The molecule has 0 aromatic rings. The fourth-order valence-electron chi connectivity index (χ4n) is 0.440. The minimum absolute atomic E-state index is 0.157. The molecule has 0 bridgehead atoms. The Balaban J connectivity index is 2.72. The Hall–Kier alpha value is -1.06. The first-order valence-electron chi connectivity index (χ1n) is 2.27. The summed E-state index contributed by atoms with van der Waals surface area (Å²) in [4.78, 5) is 13.6. The molecule has 0 saturated heterocycles. The van der Waals surface area contributed by atoms with Crippen LogP contribution in [0.3, 0.4) is 0 Å². The Morgan fingerprint density at radius 3 is 2.75 bits per heavy atom. The van der Waals surface area contributed by atoms with Crippen molar-refractivity contribution < 1.29 is 4.79 Å². The van der Waals surface area contributed by atoms with E-state index in [4.69, 9.17) is 0 Å². The molecule has 0 aromatic carbocycles. The van der Waals surface area contributed by atoms with Gasteiger partial charge in [0.15, 0.2) is 12.5 Å². The van der Waals surface area contributed by atoms with Crippen LogP contribution in [0, 0.1) is 0 Å². The molecule has 4 nitrogen and oxygen atoms in total. The summed E-state index contributed by atoms with van der Waals surface area (Å²) in [7, 11) is 0. The van der Waals surface area contributed by atoms with Crippen LogP contribution < -0.4 is 0 Å². The lowest BCUT2D eigenvalue weighted by Gasteiger charge is -1.81. The summed E-state index contributed by atoms with van der Waals surface area (Å²) >= 11 is 0. The highest BCUT2D eigenvalue weighted by atomic mass is 16.1. The van der Waals surface area contributed by atoms with Crippen molar-refractivity contribution in [3.8, 4) is 0 Å². The summed E-state index contributed by atoms with van der Waals surface area (Å²) in [5, 5.41) is 7.02. The molecule has 1 unspecified atom stereocenters. The minimum atomic E-state index is -0.157. The molecule has 1 aliphatic rings. The second-order valence-electron chi connectivity index (χ2n) is 1.45. The van der Waals surface area contributed by atoms with E-state index >= 15 is 0 Å².